The molecule has 0 radical (unpaired) electrons. The summed E-state index contributed by atoms with van der Waals surface area (Å²) in [4.78, 5) is 27.2. The topological polar surface area (TPSA) is 42.3 Å². The van der Waals surface area contributed by atoms with Gasteiger partial charge in [0.25, 0.3) is 5.56 Å². The molecule has 2 aliphatic rings. The van der Waals surface area contributed by atoms with Crippen molar-refractivity contribution in [1.29, 1.82) is 0 Å². The van der Waals surface area contributed by atoms with E-state index in [2.05, 4.69) is 0 Å². The summed E-state index contributed by atoms with van der Waals surface area (Å²) in [6.45, 7) is -0.324. The molecule has 1 aromatic heterocycles. The molecule has 0 unspecified atom stereocenters. The summed E-state index contributed by atoms with van der Waals surface area (Å²) in [6, 6.07) is 2.25. The third-order valence-electron chi connectivity index (χ3n) is 5.86. The SMILES string of the molecule is O=C(Cn1cccc(C(F)(F)F)c1=O)N(C1CCCCC1)C1CCCCC1. The maximum Gasteiger partial charge on any atom is 0.421 e. The van der Waals surface area contributed by atoms with Crippen molar-refractivity contribution in [2.45, 2.75) is 89.0 Å². The Morgan fingerprint density at radius 2 is 1.52 bits per heavy atom. The average molecular weight is 384 g/mol. The lowest BCUT2D eigenvalue weighted by Crippen LogP contribution is -2.50. The second kappa shape index (κ2) is 8.48. The smallest absolute Gasteiger partial charge is 0.335 e. The van der Waals surface area contributed by atoms with Crippen LogP contribution in [0.4, 0.5) is 13.2 Å². The highest BCUT2D eigenvalue weighted by atomic mass is 19.4. The molecule has 0 aromatic carbocycles. The third-order valence-corrected chi connectivity index (χ3v) is 5.86. The molecule has 1 heterocycles. The predicted octanol–water partition coefficient (Wildman–Crippen LogP) is 4.36. The normalized spacial score (nSPS) is 19.8. The predicted molar refractivity (Wildman–Crippen MR) is 96.3 cm³/mol. The van der Waals surface area contributed by atoms with Gasteiger partial charge in [0.2, 0.25) is 5.91 Å². The van der Waals surface area contributed by atoms with Crippen LogP contribution in [-0.4, -0.2) is 27.5 Å². The van der Waals surface area contributed by atoms with Crippen molar-refractivity contribution in [3.63, 3.8) is 0 Å². The van der Waals surface area contributed by atoms with Crippen molar-refractivity contribution in [2.75, 3.05) is 0 Å². The van der Waals surface area contributed by atoms with Gasteiger partial charge in [-0.15, -0.1) is 0 Å². The summed E-state index contributed by atoms with van der Waals surface area (Å²) in [5, 5.41) is 0. The summed E-state index contributed by atoms with van der Waals surface area (Å²) in [7, 11) is 0. The number of aromatic nitrogens is 1. The first-order valence-electron chi connectivity index (χ1n) is 9.96. The Labute approximate surface area is 157 Å². The summed E-state index contributed by atoms with van der Waals surface area (Å²) >= 11 is 0. The van der Waals surface area contributed by atoms with Crippen molar-refractivity contribution in [1.82, 2.24) is 9.47 Å². The van der Waals surface area contributed by atoms with E-state index in [4.69, 9.17) is 0 Å². The van der Waals surface area contributed by atoms with Crippen molar-refractivity contribution < 1.29 is 18.0 Å². The standard InChI is InChI=1S/C20H27F3N2O2/c21-20(22,23)17-12-7-13-24(19(17)27)14-18(26)25(15-8-3-1-4-9-15)16-10-5-2-6-11-16/h7,12-13,15-16H,1-6,8-11,14H2. The average Bonchev–Trinajstić information content (AvgIpc) is 2.64. The Bertz CT molecular complexity index is 684. The molecule has 1 amide bonds. The van der Waals surface area contributed by atoms with Crippen LogP contribution < -0.4 is 5.56 Å². The van der Waals surface area contributed by atoms with E-state index in [1.807, 2.05) is 4.90 Å². The van der Waals surface area contributed by atoms with Gasteiger partial charge in [-0.3, -0.25) is 9.59 Å². The molecule has 2 saturated carbocycles. The van der Waals surface area contributed by atoms with Crippen molar-refractivity contribution in [2.24, 2.45) is 0 Å². The third kappa shape index (κ3) is 4.74. The first-order valence-corrected chi connectivity index (χ1v) is 9.96. The fraction of sp³-hybridized carbons (Fsp3) is 0.700. The zero-order valence-corrected chi connectivity index (χ0v) is 15.5. The van der Waals surface area contributed by atoms with Crippen molar-refractivity contribution in [3.05, 3.63) is 34.2 Å². The van der Waals surface area contributed by atoms with Crippen LogP contribution in [0.1, 0.15) is 69.8 Å². The number of carbonyl (C=O) groups excluding carboxylic acids is 1. The van der Waals surface area contributed by atoms with Crippen LogP contribution in [0, 0.1) is 0 Å². The van der Waals surface area contributed by atoms with Crippen LogP contribution in [-0.2, 0) is 17.5 Å². The van der Waals surface area contributed by atoms with E-state index < -0.39 is 17.3 Å². The maximum absolute atomic E-state index is 13.1. The van der Waals surface area contributed by atoms with E-state index in [0.29, 0.717) is 0 Å². The summed E-state index contributed by atoms with van der Waals surface area (Å²) in [5.41, 5.74) is -2.37. The van der Waals surface area contributed by atoms with Crippen molar-refractivity contribution in [3.8, 4) is 0 Å². The van der Waals surface area contributed by atoms with Gasteiger partial charge in [-0.2, -0.15) is 13.2 Å². The van der Waals surface area contributed by atoms with Crippen molar-refractivity contribution >= 4 is 5.91 Å². The molecule has 0 atom stereocenters. The lowest BCUT2D eigenvalue weighted by Gasteiger charge is -2.42. The largest absolute Gasteiger partial charge is 0.421 e. The van der Waals surface area contributed by atoms with E-state index in [0.717, 1.165) is 74.8 Å². The molecule has 7 heteroatoms. The fourth-order valence-electron chi connectivity index (χ4n) is 4.53. The fourth-order valence-corrected chi connectivity index (χ4v) is 4.53. The molecule has 0 bridgehead atoms. The van der Waals surface area contributed by atoms with Gasteiger partial charge in [-0.1, -0.05) is 38.5 Å². The number of hydrogen-bond donors (Lipinski definition) is 0. The second-order valence-electron chi connectivity index (χ2n) is 7.74. The Morgan fingerprint density at radius 3 is 2.00 bits per heavy atom. The number of nitrogens with zero attached hydrogens (tertiary/aromatic N) is 2. The van der Waals surface area contributed by atoms with Crippen LogP contribution in [0.3, 0.4) is 0 Å². The van der Waals surface area contributed by atoms with Gasteiger partial charge in [0, 0.05) is 18.3 Å². The Kier molecular flexibility index (Phi) is 6.27. The quantitative estimate of drug-likeness (QED) is 0.774. The number of carbonyl (C=O) groups is 1. The van der Waals surface area contributed by atoms with E-state index in [9.17, 15) is 22.8 Å². The van der Waals surface area contributed by atoms with Crippen LogP contribution in [0.2, 0.25) is 0 Å². The highest BCUT2D eigenvalue weighted by Crippen LogP contribution is 2.30. The van der Waals surface area contributed by atoms with Crippen LogP contribution >= 0.6 is 0 Å². The molecule has 1 aromatic rings. The number of pyridine rings is 1. The molecular weight excluding hydrogens is 357 g/mol. The lowest BCUT2D eigenvalue weighted by molar-refractivity contribution is -0.141. The number of hydrogen-bond acceptors (Lipinski definition) is 2. The molecular formula is C20H27F3N2O2. The minimum Gasteiger partial charge on any atom is -0.335 e. The number of amides is 1. The summed E-state index contributed by atoms with van der Waals surface area (Å²) < 4.78 is 39.9. The minimum atomic E-state index is -4.71. The van der Waals surface area contributed by atoms with Gasteiger partial charge in [-0.05, 0) is 37.8 Å². The highest BCUT2D eigenvalue weighted by Gasteiger charge is 2.36. The molecule has 0 aliphatic heterocycles. The molecule has 2 aliphatic carbocycles. The highest BCUT2D eigenvalue weighted by molar-refractivity contribution is 5.76. The van der Waals surface area contributed by atoms with Crippen LogP contribution in [0.25, 0.3) is 0 Å². The molecule has 0 N–H and O–H groups in total. The van der Waals surface area contributed by atoms with E-state index in [1.165, 1.54) is 12.3 Å². The van der Waals surface area contributed by atoms with Gasteiger partial charge in [-0.25, -0.2) is 0 Å². The first kappa shape index (κ1) is 20.0. The maximum atomic E-state index is 13.1. The molecule has 0 saturated heterocycles. The van der Waals surface area contributed by atoms with Crippen LogP contribution in [0.15, 0.2) is 23.1 Å². The second-order valence-corrected chi connectivity index (χ2v) is 7.74. The summed E-state index contributed by atoms with van der Waals surface area (Å²) in [6.07, 6.45) is 6.96. The van der Waals surface area contributed by atoms with E-state index in [-0.39, 0.29) is 24.5 Å². The van der Waals surface area contributed by atoms with Gasteiger partial charge in [0.1, 0.15) is 12.1 Å². The number of halogens is 3. The van der Waals surface area contributed by atoms with Gasteiger partial charge in [0.05, 0.1) is 0 Å². The Morgan fingerprint density at radius 1 is 1.00 bits per heavy atom. The monoisotopic (exact) mass is 384 g/mol. The molecule has 3 rings (SSSR count). The van der Waals surface area contributed by atoms with Gasteiger partial charge in [0.15, 0.2) is 0 Å². The number of rotatable bonds is 4. The zero-order valence-electron chi connectivity index (χ0n) is 15.5. The van der Waals surface area contributed by atoms with Gasteiger partial charge < -0.3 is 9.47 Å². The van der Waals surface area contributed by atoms with Crippen LogP contribution in [0.5, 0.6) is 0 Å². The minimum absolute atomic E-state index is 0.149. The van der Waals surface area contributed by atoms with E-state index in [1.54, 1.807) is 0 Å². The number of alkyl halides is 3. The molecule has 2 fully saturated rings. The Balaban J connectivity index is 1.83. The molecule has 4 nitrogen and oxygen atoms in total. The Hall–Kier alpha value is -1.79. The van der Waals surface area contributed by atoms with E-state index >= 15 is 0 Å². The molecule has 150 valence electrons. The van der Waals surface area contributed by atoms with Gasteiger partial charge >= 0.3 is 6.18 Å². The lowest BCUT2D eigenvalue weighted by atomic mass is 9.88. The molecule has 27 heavy (non-hydrogen) atoms. The molecule has 0 spiro atoms. The first-order chi connectivity index (χ1) is 12.9. The summed E-state index contributed by atoms with van der Waals surface area (Å²) in [5.74, 6) is -0.227. The zero-order chi connectivity index (χ0) is 19.4.